The van der Waals surface area contributed by atoms with Crippen molar-refractivity contribution >= 4 is 11.9 Å². The molecule has 1 aliphatic heterocycles. The van der Waals surface area contributed by atoms with Crippen LogP contribution in [0.25, 0.3) is 0 Å². The quantitative estimate of drug-likeness (QED) is 0.450. The zero-order valence-corrected chi connectivity index (χ0v) is 6.36. The zero-order valence-electron chi connectivity index (χ0n) is 6.36. The van der Waals surface area contributed by atoms with Crippen molar-refractivity contribution in [3.05, 3.63) is 0 Å². The molecule has 0 unspecified atom stereocenters. The van der Waals surface area contributed by atoms with Gasteiger partial charge in [-0.2, -0.15) is 0 Å². The molecule has 6 nitrogen and oxygen atoms in total. The van der Waals surface area contributed by atoms with Crippen LogP contribution in [-0.2, 0) is 9.59 Å². The molecule has 1 saturated heterocycles. The average molecular weight is 174 g/mol. The van der Waals surface area contributed by atoms with Crippen LogP contribution in [0.15, 0.2) is 0 Å². The molecular formula is C6H10N2O4. The number of hydrogen-bond acceptors (Lipinski definition) is 4. The summed E-state index contributed by atoms with van der Waals surface area (Å²) in [5.41, 5.74) is 2.57. The van der Waals surface area contributed by atoms with Gasteiger partial charge in [0, 0.05) is 13.1 Å². The highest BCUT2D eigenvalue weighted by molar-refractivity contribution is 5.80. The number of carboxylic acid groups (broad SMARTS) is 2. The summed E-state index contributed by atoms with van der Waals surface area (Å²) in [5.74, 6) is -2.25. The summed E-state index contributed by atoms with van der Waals surface area (Å²) in [6, 6.07) is -1.01. The van der Waals surface area contributed by atoms with Crippen molar-refractivity contribution in [2.75, 3.05) is 13.1 Å². The van der Waals surface area contributed by atoms with Crippen molar-refractivity contribution in [3.8, 4) is 0 Å². The summed E-state index contributed by atoms with van der Waals surface area (Å²) in [5, 5.41) is 18.5. The summed E-state index contributed by atoms with van der Waals surface area (Å²) in [4.78, 5) is 20.6. The Labute approximate surface area is 68.7 Å². The molecule has 6 heteroatoms. The molecule has 0 radical (unpaired) electrons. The third kappa shape index (κ3) is 2.85. The van der Waals surface area contributed by atoms with Crippen LogP contribution in [0.1, 0.15) is 6.42 Å². The van der Waals surface area contributed by atoms with Gasteiger partial charge in [-0.3, -0.25) is 9.59 Å². The van der Waals surface area contributed by atoms with Crippen molar-refractivity contribution in [1.29, 1.82) is 0 Å². The number of nitrogens with one attached hydrogen (secondary N) is 1. The molecule has 0 aromatic carbocycles. The fraction of sp³-hybridized carbons (Fsp3) is 0.667. The molecule has 3 N–H and O–H groups in total. The first-order valence-electron chi connectivity index (χ1n) is 3.55. The van der Waals surface area contributed by atoms with Gasteiger partial charge in [-0.15, -0.1) is 0 Å². The zero-order chi connectivity index (χ0) is 9.14. The van der Waals surface area contributed by atoms with E-state index < -0.39 is 24.4 Å². The smallest absolute Gasteiger partial charge is 0.322 e. The van der Waals surface area contributed by atoms with E-state index in [4.69, 9.17) is 10.2 Å². The number of carbonyl (C=O) groups is 2. The Bertz CT molecular complexity index is 202. The van der Waals surface area contributed by atoms with Gasteiger partial charge in [-0.05, 0) is 0 Å². The van der Waals surface area contributed by atoms with Crippen LogP contribution in [0.5, 0.6) is 0 Å². The van der Waals surface area contributed by atoms with Gasteiger partial charge < -0.3 is 10.2 Å². The van der Waals surface area contributed by atoms with E-state index in [1.807, 2.05) is 0 Å². The van der Waals surface area contributed by atoms with E-state index in [1.54, 1.807) is 5.01 Å². The molecule has 12 heavy (non-hydrogen) atoms. The Morgan fingerprint density at radius 3 is 2.33 bits per heavy atom. The maximum atomic E-state index is 10.4. The van der Waals surface area contributed by atoms with E-state index in [2.05, 4.69) is 5.43 Å². The van der Waals surface area contributed by atoms with Crippen molar-refractivity contribution in [2.45, 2.75) is 12.5 Å². The second-order valence-electron chi connectivity index (χ2n) is 2.60. The largest absolute Gasteiger partial charge is 0.481 e. The Morgan fingerprint density at radius 1 is 1.42 bits per heavy atom. The molecule has 68 valence electrons. The fourth-order valence-corrected chi connectivity index (χ4v) is 0.762. The molecule has 1 atom stereocenters. The minimum Gasteiger partial charge on any atom is -0.481 e. The maximum absolute atomic E-state index is 10.4. The lowest BCUT2D eigenvalue weighted by molar-refractivity contribution is -0.146. The van der Waals surface area contributed by atoms with Crippen LogP contribution < -0.4 is 5.43 Å². The Kier molecular flexibility index (Phi) is 2.61. The molecule has 0 aromatic heterocycles. The molecule has 0 saturated carbocycles. The van der Waals surface area contributed by atoms with Gasteiger partial charge in [0.05, 0.1) is 6.42 Å². The molecule has 0 amide bonds. The van der Waals surface area contributed by atoms with Gasteiger partial charge >= 0.3 is 11.9 Å². The Morgan fingerprint density at radius 2 is 2.00 bits per heavy atom. The van der Waals surface area contributed by atoms with Gasteiger partial charge in [-0.1, -0.05) is 0 Å². The lowest BCUT2D eigenvalue weighted by atomic mass is 10.2. The van der Waals surface area contributed by atoms with E-state index in [-0.39, 0.29) is 0 Å². The lowest BCUT2D eigenvalue weighted by Gasteiger charge is -2.11. The molecule has 1 rings (SSSR count). The average Bonchev–Trinajstić information content (AvgIpc) is 2.68. The van der Waals surface area contributed by atoms with Gasteiger partial charge in [0.15, 0.2) is 0 Å². The summed E-state index contributed by atoms with van der Waals surface area (Å²) in [7, 11) is 0. The third-order valence-electron chi connectivity index (χ3n) is 1.46. The van der Waals surface area contributed by atoms with E-state index in [0.29, 0.717) is 0 Å². The third-order valence-corrected chi connectivity index (χ3v) is 1.46. The summed E-state index contributed by atoms with van der Waals surface area (Å²) < 4.78 is 0. The highest BCUT2D eigenvalue weighted by Crippen LogP contribution is 2.02. The number of carboxylic acids is 2. The topological polar surface area (TPSA) is 89.6 Å². The standard InChI is InChI=1S/C6H10N2O4/c9-5(10)3-4(6(11)12)7-8-1-2-8/h4,7H,1-3H2,(H,9,10)(H,11,12)/t4-/m0/s1. The first-order valence-corrected chi connectivity index (χ1v) is 3.55. The number of hydrazine groups is 1. The molecule has 1 heterocycles. The van der Waals surface area contributed by atoms with E-state index in [0.717, 1.165) is 13.1 Å². The van der Waals surface area contributed by atoms with E-state index >= 15 is 0 Å². The van der Waals surface area contributed by atoms with Gasteiger partial charge in [-0.25, -0.2) is 10.4 Å². The molecule has 0 bridgehead atoms. The van der Waals surface area contributed by atoms with Crippen molar-refractivity contribution < 1.29 is 19.8 Å². The second kappa shape index (κ2) is 3.51. The summed E-state index contributed by atoms with van der Waals surface area (Å²) in [6.45, 7) is 1.56. The van der Waals surface area contributed by atoms with Crippen molar-refractivity contribution in [2.24, 2.45) is 0 Å². The first kappa shape index (κ1) is 8.95. The maximum Gasteiger partial charge on any atom is 0.322 e. The fourth-order valence-electron chi connectivity index (χ4n) is 0.762. The molecule has 1 fully saturated rings. The predicted molar refractivity (Wildman–Crippen MR) is 38.4 cm³/mol. The Balaban J connectivity index is 2.36. The van der Waals surface area contributed by atoms with Gasteiger partial charge in [0.1, 0.15) is 6.04 Å². The minimum atomic E-state index is -1.13. The van der Waals surface area contributed by atoms with Crippen LogP contribution in [-0.4, -0.2) is 46.3 Å². The number of aliphatic carboxylic acids is 2. The second-order valence-corrected chi connectivity index (χ2v) is 2.60. The number of hydrogen-bond donors (Lipinski definition) is 3. The molecular weight excluding hydrogens is 164 g/mol. The van der Waals surface area contributed by atoms with Crippen molar-refractivity contribution in [3.63, 3.8) is 0 Å². The molecule has 0 aliphatic carbocycles. The molecule has 1 aliphatic rings. The Hall–Kier alpha value is -1.14. The van der Waals surface area contributed by atoms with Crippen LogP contribution in [0.3, 0.4) is 0 Å². The normalized spacial score (nSPS) is 18.7. The SMILES string of the molecule is O=C(O)C[C@H](NN1CC1)C(=O)O. The predicted octanol–water partition coefficient (Wildman–Crippen LogP) is -1.27. The van der Waals surface area contributed by atoms with Crippen molar-refractivity contribution in [1.82, 2.24) is 10.4 Å². The lowest BCUT2D eigenvalue weighted by Crippen LogP contribution is -2.41. The summed E-state index contributed by atoms with van der Waals surface area (Å²) >= 11 is 0. The highest BCUT2D eigenvalue weighted by atomic mass is 16.4. The van der Waals surface area contributed by atoms with Crippen LogP contribution in [0.2, 0.25) is 0 Å². The van der Waals surface area contributed by atoms with Crippen LogP contribution in [0, 0.1) is 0 Å². The molecule has 0 spiro atoms. The molecule has 0 aromatic rings. The van der Waals surface area contributed by atoms with E-state index in [1.165, 1.54) is 0 Å². The number of rotatable bonds is 5. The highest BCUT2D eigenvalue weighted by Gasteiger charge is 2.27. The van der Waals surface area contributed by atoms with Crippen LogP contribution >= 0.6 is 0 Å². The van der Waals surface area contributed by atoms with E-state index in [9.17, 15) is 9.59 Å². The van der Waals surface area contributed by atoms with Gasteiger partial charge in [0.2, 0.25) is 0 Å². The summed E-state index contributed by atoms with van der Waals surface area (Å²) in [6.07, 6.45) is -0.397. The monoisotopic (exact) mass is 174 g/mol. The first-order chi connectivity index (χ1) is 5.59. The minimum absolute atomic E-state index is 0.397. The van der Waals surface area contributed by atoms with Gasteiger partial charge in [0.25, 0.3) is 0 Å². The van der Waals surface area contributed by atoms with Crippen LogP contribution in [0.4, 0.5) is 0 Å². The number of nitrogens with zero attached hydrogens (tertiary/aromatic N) is 1.